The molecular formula is C28H28ClFN6O. The van der Waals surface area contributed by atoms with Gasteiger partial charge < -0.3 is 15.1 Å². The van der Waals surface area contributed by atoms with Crippen LogP contribution in [0.4, 0.5) is 21.7 Å². The monoisotopic (exact) mass is 518 g/mol. The summed E-state index contributed by atoms with van der Waals surface area (Å²) in [5.74, 6) is -0.259. The molecule has 2 aromatic heterocycles. The summed E-state index contributed by atoms with van der Waals surface area (Å²) in [6.07, 6.45) is 6.79. The highest BCUT2D eigenvalue weighted by atomic mass is 35.5. The van der Waals surface area contributed by atoms with Crippen LogP contribution >= 0.6 is 11.6 Å². The Morgan fingerprint density at radius 2 is 1.89 bits per heavy atom. The number of piperidine rings is 1. The smallest absolute Gasteiger partial charge is 0.266 e. The van der Waals surface area contributed by atoms with Crippen LogP contribution in [-0.2, 0) is 0 Å². The molecule has 0 aliphatic carbocycles. The van der Waals surface area contributed by atoms with Gasteiger partial charge in [0.05, 0.1) is 15.9 Å². The first kappa shape index (κ1) is 24.9. The molecule has 0 spiro atoms. The molecule has 1 aliphatic heterocycles. The molecule has 3 heterocycles. The highest BCUT2D eigenvalue weighted by Gasteiger charge is 2.21. The van der Waals surface area contributed by atoms with Gasteiger partial charge in [-0.25, -0.2) is 14.4 Å². The van der Waals surface area contributed by atoms with Gasteiger partial charge in [0.25, 0.3) is 5.56 Å². The molecule has 7 nitrogen and oxygen atoms in total. The van der Waals surface area contributed by atoms with Crippen molar-refractivity contribution in [2.75, 3.05) is 37.4 Å². The van der Waals surface area contributed by atoms with E-state index in [0.29, 0.717) is 23.1 Å². The zero-order valence-corrected chi connectivity index (χ0v) is 21.5. The fraction of sp³-hybridized carbons (Fsp3) is 0.250. The van der Waals surface area contributed by atoms with Crippen LogP contribution in [0.2, 0.25) is 5.02 Å². The molecule has 0 radical (unpaired) electrons. The SMILES string of the molecule is C=Cc1cn(-c2c(F)cccc2Cl)c(=O)c2cnc(Nc3ccc(N4CCC(N(C)C)CC4)cc3)nc12. The second-order valence-electron chi connectivity index (χ2n) is 9.34. The lowest BCUT2D eigenvalue weighted by molar-refractivity contribution is 0.249. The minimum absolute atomic E-state index is 0.0209. The van der Waals surface area contributed by atoms with Crippen LogP contribution in [0.25, 0.3) is 22.7 Å². The summed E-state index contributed by atoms with van der Waals surface area (Å²) < 4.78 is 15.7. The van der Waals surface area contributed by atoms with E-state index in [1.807, 2.05) is 12.1 Å². The molecule has 5 rings (SSSR count). The molecule has 9 heteroatoms. The van der Waals surface area contributed by atoms with Crippen molar-refractivity contribution in [3.63, 3.8) is 0 Å². The standard InChI is InChI=1S/C28H28ClFN6O/c1-4-18-17-36(26-23(29)6-5-7-24(26)30)27(37)22-16-31-28(33-25(18)22)32-19-8-10-21(11-9-19)35-14-12-20(13-15-35)34(2)3/h4-11,16-17,20H,1,12-15H2,2-3H3,(H,31,32,33). The van der Waals surface area contributed by atoms with E-state index < -0.39 is 11.4 Å². The fourth-order valence-corrected chi connectivity index (χ4v) is 5.02. The summed E-state index contributed by atoms with van der Waals surface area (Å²) in [7, 11) is 4.28. The fourth-order valence-electron chi connectivity index (χ4n) is 4.77. The molecule has 0 bridgehead atoms. The van der Waals surface area contributed by atoms with Crippen LogP contribution in [0.3, 0.4) is 0 Å². The second kappa shape index (κ2) is 10.3. The Balaban J connectivity index is 1.40. The Bertz CT molecular complexity index is 1490. The molecule has 4 aromatic rings. The molecule has 0 saturated carbocycles. The maximum absolute atomic E-state index is 14.5. The van der Waals surface area contributed by atoms with Gasteiger partial charge in [0.2, 0.25) is 5.95 Å². The summed E-state index contributed by atoms with van der Waals surface area (Å²) in [6, 6.07) is 13.1. The van der Waals surface area contributed by atoms with Gasteiger partial charge in [-0.05, 0) is 63.3 Å². The van der Waals surface area contributed by atoms with Gasteiger partial charge in [-0.2, -0.15) is 0 Å². The highest BCUT2D eigenvalue weighted by molar-refractivity contribution is 6.32. The predicted molar refractivity (Wildman–Crippen MR) is 149 cm³/mol. The first-order valence-corrected chi connectivity index (χ1v) is 12.5. The molecule has 1 fully saturated rings. The van der Waals surface area contributed by atoms with Crippen LogP contribution in [-0.4, -0.2) is 52.7 Å². The summed E-state index contributed by atoms with van der Waals surface area (Å²) in [5.41, 5.74) is 2.49. The van der Waals surface area contributed by atoms with Crippen LogP contribution < -0.4 is 15.8 Å². The topological polar surface area (TPSA) is 66.3 Å². The van der Waals surface area contributed by atoms with E-state index in [1.54, 1.807) is 6.08 Å². The summed E-state index contributed by atoms with van der Waals surface area (Å²) >= 11 is 6.21. The molecule has 190 valence electrons. The molecular weight excluding hydrogens is 491 g/mol. The quantitative estimate of drug-likeness (QED) is 0.364. The van der Waals surface area contributed by atoms with Crippen molar-refractivity contribution in [2.24, 2.45) is 0 Å². The van der Waals surface area contributed by atoms with Gasteiger partial charge in [-0.1, -0.05) is 30.3 Å². The van der Waals surface area contributed by atoms with Crippen molar-refractivity contribution in [1.82, 2.24) is 19.4 Å². The Hall–Kier alpha value is -3.75. The van der Waals surface area contributed by atoms with Crippen LogP contribution in [0.1, 0.15) is 18.4 Å². The van der Waals surface area contributed by atoms with E-state index in [2.05, 4.69) is 57.9 Å². The molecule has 1 saturated heterocycles. The average molecular weight is 519 g/mol. The highest BCUT2D eigenvalue weighted by Crippen LogP contribution is 2.27. The van der Waals surface area contributed by atoms with E-state index >= 15 is 0 Å². The molecule has 0 unspecified atom stereocenters. The zero-order chi connectivity index (χ0) is 26.1. The number of anilines is 3. The van der Waals surface area contributed by atoms with Crippen molar-refractivity contribution < 1.29 is 4.39 Å². The van der Waals surface area contributed by atoms with Gasteiger partial charge in [-0.3, -0.25) is 9.36 Å². The lowest BCUT2D eigenvalue weighted by Crippen LogP contribution is -2.41. The Morgan fingerprint density at radius 1 is 1.16 bits per heavy atom. The number of pyridine rings is 1. The number of fused-ring (bicyclic) bond motifs is 1. The molecule has 0 amide bonds. The van der Waals surface area contributed by atoms with Crippen LogP contribution in [0.15, 0.2) is 66.2 Å². The van der Waals surface area contributed by atoms with Crippen molar-refractivity contribution >= 4 is 45.9 Å². The maximum Gasteiger partial charge on any atom is 0.266 e. The molecule has 0 atom stereocenters. The van der Waals surface area contributed by atoms with Gasteiger partial charge in [0, 0.05) is 48.5 Å². The van der Waals surface area contributed by atoms with Gasteiger partial charge >= 0.3 is 0 Å². The third-order valence-corrected chi connectivity index (χ3v) is 7.17. The third kappa shape index (κ3) is 4.95. The first-order chi connectivity index (χ1) is 17.9. The van der Waals surface area contributed by atoms with E-state index in [9.17, 15) is 9.18 Å². The van der Waals surface area contributed by atoms with Gasteiger partial charge in [-0.15, -0.1) is 0 Å². The molecule has 1 aliphatic rings. The van der Waals surface area contributed by atoms with Crippen molar-refractivity contribution in [1.29, 1.82) is 0 Å². The van der Waals surface area contributed by atoms with E-state index in [0.717, 1.165) is 31.6 Å². The minimum Gasteiger partial charge on any atom is -0.371 e. The number of nitrogens with zero attached hydrogens (tertiary/aromatic N) is 5. The van der Waals surface area contributed by atoms with E-state index in [1.165, 1.54) is 40.8 Å². The molecule has 1 N–H and O–H groups in total. The molecule has 37 heavy (non-hydrogen) atoms. The Kier molecular flexibility index (Phi) is 6.95. The number of rotatable bonds is 6. The van der Waals surface area contributed by atoms with Crippen molar-refractivity contribution in [3.05, 3.63) is 88.2 Å². The largest absolute Gasteiger partial charge is 0.371 e. The van der Waals surface area contributed by atoms with E-state index in [-0.39, 0.29) is 16.1 Å². The number of nitrogens with one attached hydrogen (secondary N) is 1. The number of para-hydroxylation sites is 1. The number of hydrogen-bond acceptors (Lipinski definition) is 6. The van der Waals surface area contributed by atoms with Crippen LogP contribution in [0.5, 0.6) is 0 Å². The Morgan fingerprint density at radius 3 is 2.54 bits per heavy atom. The first-order valence-electron chi connectivity index (χ1n) is 12.1. The van der Waals surface area contributed by atoms with Crippen LogP contribution in [0, 0.1) is 5.82 Å². The number of hydrogen-bond donors (Lipinski definition) is 1. The summed E-state index contributed by atoms with van der Waals surface area (Å²) in [5, 5.41) is 3.57. The van der Waals surface area contributed by atoms with E-state index in [4.69, 9.17) is 11.6 Å². The van der Waals surface area contributed by atoms with Gasteiger partial charge in [0.15, 0.2) is 0 Å². The average Bonchev–Trinajstić information content (AvgIpc) is 2.90. The lowest BCUT2D eigenvalue weighted by atomic mass is 10.0. The number of halogens is 2. The number of benzene rings is 2. The third-order valence-electron chi connectivity index (χ3n) is 6.86. The maximum atomic E-state index is 14.5. The minimum atomic E-state index is -0.603. The predicted octanol–water partition coefficient (Wildman–Crippen LogP) is 5.49. The van der Waals surface area contributed by atoms with Crippen molar-refractivity contribution in [3.8, 4) is 5.69 Å². The summed E-state index contributed by atoms with van der Waals surface area (Å²) in [4.78, 5) is 26.8. The lowest BCUT2D eigenvalue weighted by Gasteiger charge is -2.36. The van der Waals surface area contributed by atoms with Crippen molar-refractivity contribution in [2.45, 2.75) is 18.9 Å². The Labute approximate surface area is 219 Å². The molecule has 2 aromatic carbocycles. The number of aromatic nitrogens is 3. The zero-order valence-electron chi connectivity index (χ0n) is 20.8. The normalized spacial score (nSPS) is 14.4. The second-order valence-corrected chi connectivity index (χ2v) is 9.75. The summed E-state index contributed by atoms with van der Waals surface area (Å²) in [6.45, 7) is 5.90. The van der Waals surface area contributed by atoms with Gasteiger partial charge in [0.1, 0.15) is 11.5 Å².